The van der Waals surface area contributed by atoms with Crippen LogP contribution in [0.15, 0.2) is 0 Å². The Morgan fingerprint density at radius 2 is 0.667 bits per heavy atom. The zero-order chi connectivity index (χ0) is 18.6. The van der Waals surface area contributed by atoms with Gasteiger partial charge in [-0.3, -0.25) is 14.7 Å². The Balaban J connectivity index is 2.84. The van der Waals surface area contributed by atoms with Crippen molar-refractivity contribution in [3.63, 3.8) is 0 Å². The summed E-state index contributed by atoms with van der Waals surface area (Å²) in [6.45, 7) is 16.0. The van der Waals surface area contributed by atoms with Crippen LogP contribution in [-0.2, 0) is 13.7 Å². The van der Waals surface area contributed by atoms with Crippen LogP contribution in [0, 0.1) is 0 Å². The van der Waals surface area contributed by atoms with Crippen LogP contribution in [0.2, 0.25) is 0 Å². The van der Waals surface area contributed by atoms with E-state index in [0.717, 1.165) is 39.3 Å². The van der Waals surface area contributed by atoms with Gasteiger partial charge in [0.1, 0.15) is 0 Å². The minimum atomic E-state index is -2.12. The topological polar surface area (TPSA) is 60.9 Å². The van der Waals surface area contributed by atoms with Crippen LogP contribution in [0.25, 0.3) is 0 Å². The summed E-state index contributed by atoms with van der Waals surface area (Å²) >= 11 is 0. The highest BCUT2D eigenvalue weighted by atomic mass is 31.2. The fourth-order valence-electron chi connectivity index (χ4n) is 3.05. The van der Waals surface area contributed by atoms with Crippen LogP contribution in [0.1, 0.15) is 0 Å². The maximum Gasteiger partial charge on any atom is 0.0951 e. The first-order valence-electron chi connectivity index (χ1n) is 8.53. The zero-order valence-electron chi connectivity index (χ0n) is 16.3. The molecule has 1 rings (SSSR count). The molecule has 1 saturated heterocycles. The predicted molar refractivity (Wildman–Crippen MR) is 108 cm³/mol. The lowest BCUT2D eigenvalue weighted by molar-refractivity contribution is 0.257. The van der Waals surface area contributed by atoms with E-state index in [2.05, 4.69) is 14.7 Å². The second-order valence-electron chi connectivity index (χ2n) is 8.50. The summed E-state index contributed by atoms with van der Waals surface area (Å²) in [6.07, 6.45) is 1.83. The number of nitrogens with zero attached hydrogens (tertiary/aromatic N) is 3. The van der Waals surface area contributed by atoms with E-state index < -0.39 is 21.4 Å². The summed E-state index contributed by atoms with van der Waals surface area (Å²) in [5.41, 5.74) is 0. The quantitative estimate of drug-likeness (QED) is 0.640. The van der Waals surface area contributed by atoms with Gasteiger partial charge in [0, 0.05) is 39.3 Å². The molecular weight excluding hydrogens is 363 g/mol. The molecule has 0 spiro atoms. The molecule has 0 saturated carbocycles. The maximum absolute atomic E-state index is 12.2. The van der Waals surface area contributed by atoms with Gasteiger partial charge in [0.05, 0.1) is 40.3 Å². The Bertz CT molecular complexity index is 449. The molecule has 9 heteroatoms. The fourth-order valence-corrected chi connectivity index (χ4v) is 6.79. The Hall–Kier alpha value is 0.570. The number of hydrogen-bond donors (Lipinski definition) is 0. The highest BCUT2D eigenvalue weighted by Gasteiger charge is 2.23. The molecule has 1 fully saturated rings. The van der Waals surface area contributed by atoms with Crippen molar-refractivity contribution in [2.45, 2.75) is 0 Å². The highest BCUT2D eigenvalue weighted by Crippen LogP contribution is 2.39. The number of rotatable bonds is 6. The van der Waals surface area contributed by atoms with Gasteiger partial charge in [-0.1, -0.05) is 0 Å². The molecule has 24 heavy (non-hydrogen) atoms. The van der Waals surface area contributed by atoms with Crippen LogP contribution in [-0.4, -0.2) is 113 Å². The Labute approximate surface area is 148 Å². The van der Waals surface area contributed by atoms with E-state index in [-0.39, 0.29) is 0 Å². The van der Waals surface area contributed by atoms with E-state index in [1.807, 2.05) is 40.0 Å². The van der Waals surface area contributed by atoms with Crippen molar-refractivity contribution in [3.8, 4) is 0 Å². The van der Waals surface area contributed by atoms with Gasteiger partial charge in [-0.15, -0.1) is 0 Å². The van der Waals surface area contributed by atoms with Crippen molar-refractivity contribution < 1.29 is 13.7 Å². The lowest BCUT2D eigenvalue weighted by Crippen LogP contribution is -2.36. The van der Waals surface area contributed by atoms with Crippen molar-refractivity contribution in [2.24, 2.45) is 0 Å². The average Bonchev–Trinajstić information content (AvgIpc) is 2.39. The van der Waals surface area contributed by atoms with Gasteiger partial charge in [-0.05, 0) is 40.0 Å². The van der Waals surface area contributed by atoms with E-state index in [0.29, 0.717) is 18.9 Å². The second kappa shape index (κ2) is 8.98. The summed E-state index contributed by atoms with van der Waals surface area (Å²) in [5.74, 6) is 0. The van der Waals surface area contributed by atoms with Gasteiger partial charge < -0.3 is 13.7 Å². The predicted octanol–water partition coefficient (Wildman–Crippen LogP) is 2.65. The van der Waals surface area contributed by atoms with E-state index in [1.54, 1.807) is 0 Å². The third-order valence-electron chi connectivity index (χ3n) is 3.82. The smallest absolute Gasteiger partial charge is 0.0951 e. The highest BCUT2D eigenvalue weighted by molar-refractivity contribution is 7.62. The van der Waals surface area contributed by atoms with Gasteiger partial charge in [-0.25, -0.2) is 0 Å². The van der Waals surface area contributed by atoms with Gasteiger partial charge in [0.15, 0.2) is 0 Å². The third kappa shape index (κ3) is 11.2. The zero-order valence-corrected chi connectivity index (χ0v) is 19.0. The Morgan fingerprint density at radius 3 is 0.792 bits per heavy atom. The first kappa shape index (κ1) is 22.6. The molecular formula is C15H36N3O3P3. The van der Waals surface area contributed by atoms with E-state index in [1.165, 1.54) is 0 Å². The number of hydrogen-bond acceptors (Lipinski definition) is 6. The SMILES string of the molecule is CP(C)(=O)CN1CCN(CP(C)(C)=O)CCN(CP(C)(C)=O)CC1. The minimum Gasteiger partial charge on any atom is -0.323 e. The molecule has 0 radical (unpaired) electrons. The monoisotopic (exact) mass is 399 g/mol. The molecule has 0 aromatic heterocycles. The third-order valence-corrected chi connectivity index (χ3v) is 7.06. The van der Waals surface area contributed by atoms with E-state index in [4.69, 9.17) is 0 Å². The van der Waals surface area contributed by atoms with Crippen LogP contribution < -0.4 is 0 Å². The molecule has 1 aliphatic rings. The normalized spacial score (nSPS) is 21.2. The summed E-state index contributed by atoms with van der Waals surface area (Å²) in [6, 6.07) is 0. The Morgan fingerprint density at radius 1 is 0.500 bits per heavy atom. The van der Waals surface area contributed by atoms with Gasteiger partial charge in [-0.2, -0.15) is 0 Å². The molecule has 0 aliphatic carbocycles. The molecule has 0 unspecified atom stereocenters. The van der Waals surface area contributed by atoms with Crippen LogP contribution in [0.4, 0.5) is 0 Å². The summed E-state index contributed by atoms with van der Waals surface area (Å²) in [4.78, 5) is 6.75. The molecule has 6 nitrogen and oxygen atoms in total. The van der Waals surface area contributed by atoms with E-state index in [9.17, 15) is 13.7 Å². The molecule has 0 atom stereocenters. The van der Waals surface area contributed by atoms with Crippen molar-refractivity contribution in [1.29, 1.82) is 0 Å². The molecule has 0 aromatic rings. The van der Waals surface area contributed by atoms with Crippen LogP contribution in [0.5, 0.6) is 0 Å². The first-order chi connectivity index (χ1) is 10.7. The summed E-state index contributed by atoms with van der Waals surface area (Å²) in [7, 11) is -6.37. The summed E-state index contributed by atoms with van der Waals surface area (Å²) in [5, 5.41) is 0. The van der Waals surface area contributed by atoms with Crippen LogP contribution in [0.3, 0.4) is 0 Å². The van der Waals surface area contributed by atoms with Crippen LogP contribution >= 0.6 is 21.4 Å². The molecule has 0 N–H and O–H groups in total. The standard InChI is InChI=1S/C15H36N3O3P3/c1-22(2,19)13-16-7-9-17(14-23(3,4)20)11-12-18(10-8-16)15-24(5,6)21/h7-15H2,1-6H3. The minimum absolute atomic E-state index is 0.612. The molecule has 0 amide bonds. The van der Waals surface area contributed by atoms with E-state index >= 15 is 0 Å². The lowest BCUT2D eigenvalue weighted by Gasteiger charge is -2.27. The molecule has 144 valence electrons. The Kier molecular flexibility index (Phi) is 8.46. The maximum atomic E-state index is 12.2. The molecule has 1 heterocycles. The largest absolute Gasteiger partial charge is 0.323 e. The fraction of sp³-hybridized carbons (Fsp3) is 1.00. The van der Waals surface area contributed by atoms with Gasteiger partial charge in [0.25, 0.3) is 0 Å². The lowest BCUT2D eigenvalue weighted by atomic mass is 10.5. The average molecular weight is 399 g/mol. The van der Waals surface area contributed by atoms with Crippen molar-refractivity contribution in [3.05, 3.63) is 0 Å². The van der Waals surface area contributed by atoms with Crippen molar-refractivity contribution in [1.82, 2.24) is 14.7 Å². The second-order valence-corrected chi connectivity index (χ2v) is 18.8. The van der Waals surface area contributed by atoms with Crippen molar-refractivity contribution in [2.75, 3.05) is 98.1 Å². The molecule has 0 bridgehead atoms. The summed E-state index contributed by atoms with van der Waals surface area (Å²) < 4.78 is 36.7. The first-order valence-corrected chi connectivity index (χ1v) is 16.9. The van der Waals surface area contributed by atoms with Crippen molar-refractivity contribution >= 4 is 21.4 Å². The van der Waals surface area contributed by atoms with Gasteiger partial charge in [0.2, 0.25) is 0 Å². The molecule has 1 aliphatic heterocycles. The van der Waals surface area contributed by atoms with Gasteiger partial charge >= 0.3 is 0 Å². The molecule has 0 aromatic carbocycles.